The topological polar surface area (TPSA) is 87.2 Å². The minimum Gasteiger partial charge on any atom is -0.381 e. The van der Waals surface area contributed by atoms with Gasteiger partial charge in [0.15, 0.2) is 5.65 Å². The number of amides is 1. The van der Waals surface area contributed by atoms with Gasteiger partial charge in [0.2, 0.25) is 0 Å². The Bertz CT molecular complexity index is 1400. The maximum absolute atomic E-state index is 13.4. The van der Waals surface area contributed by atoms with E-state index in [1.165, 1.54) is 18.4 Å². The molecule has 1 aliphatic heterocycles. The Morgan fingerprint density at radius 2 is 1.84 bits per heavy atom. The maximum atomic E-state index is 13.4. The number of nitrogens with zero attached hydrogens (tertiary/aromatic N) is 5. The van der Waals surface area contributed by atoms with Gasteiger partial charge in [0, 0.05) is 80.9 Å². The lowest BCUT2D eigenvalue weighted by Gasteiger charge is -2.34. The Labute approximate surface area is 223 Å². The predicted molar refractivity (Wildman–Crippen MR) is 147 cm³/mol. The summed E-state index contributed by atoms with van der Waals surface area (Å²) < 4.78 is 5.81. The van der Waals surface area contributed by atoms with Crippen LogP contribution in [-0.4, -0.2) is 75.3 Å². The zero-order chi connectivity index (χ0) is 25.9. The van der Waals surface area contributed by atoms with Crippen LogP contribution in [0.2, 0.25) is 0 Å². The molecule has 8 nitrogen and oxygen atoms in total. The number of hydrogen-bond acceptors (Lipinski definition) is 6. The Hall–Kier alpha value is -3.62. The van der Waals surface area contributed by atoms with E-state index in [4.69, 9.17) is 4.74 Å². The third kappa shape index (κ3) is 5.06. The summed E-state index contributed by atoms with van der Waals surface area (Å²) in [6, 6.07) is 14.2. The van der Waals surface area contributed by atoms with Crippen molar-refractivity contribution in [1.29, 1.82) is 0 Å². The molecule has 38 heavy (non-hydrogen) atoms. The lowest BCUT2D eigenvalue weighted by atomic mass is 9.83. The number of H-pyrrole nitrogens is 1. The van der Waals surface area contributed by atoms with Crippen molar-refractivity contribution in [3.8, 4) is 11.1 Å². The summed E-state index contributed by atoms with van der Waals surface area (Å²) >= 11 is 0. The summed E-state index contributed by atoms with van der Waals surface area (Å²) in [5.74, 6) is 0.375. The molecule has 1 amide bonds. The van der Waals surface area contributed by atoms with Crippen LogP contribution >= 0.6 is 0 Å². The number of hydrogen-bond donors (Lipinski definition) is 1. The second-order valence-corrected chi connectivity index (χ2v) is 10.4. The summed E-state index contributed by atoms with van der Waals surface area (Å²) in [7, 11) is 1.80. The van der Waals surface area contributed by atoms with E-state index in [2.05, 4.69) is 31.1 Å². The van der Waals surface area contributed by atoms with Crippen molar-refractivity contribution in [2.75, 3.05) is 33.3 Å². The van der Waals surface area contributed by atoms with Crippen LogP contribution in [-0.2, 0) is 11.3 Å². The van der Waals surface area contributed by atoms with E-state index in [9.17, 15) is 4.79 Å². The van der Waals surface area contributed by atoms with E-state index in [0.29, 0.717) is 11.5 Å². The summed E-state index contributed by atoms with van der Waals surface area (Å²) in [6.07, 6.45) is 10.2. The molecule has 1 aliphatic carbocycles. The van der Waals surface area contributed by atoms with Gasteiger partial charge >= 0.3 is 0 Å². The van der Waals surface area contributed by atoms with Crippen LogP contribution < -0.4 is 0 Å². The third-order valence-electron chi connectivity index (χ3n) is 8.07. The highest BCUT2D eigenvalue weighted by Gasteiger charge is 2.29. The number of benzene rings is 1. The highest BCUT2D eigenvalue weighted by atomic mass is 16.5. The standard InChI is InChI=1S/C30H34N6O2/c1-38-27-8-3-2-7-25(27)28-26-18-24(19-32-29(26)34-33-28)22-5-4-6-23(17-22)30(37)36-15-13-35(14-16-36)20-21-9-11-31-12-10-21/h4-6,9-12,17-19,25,27H,2-3,7-8,13-16,20H2,1H3,(H,32,33,34). The van der Waals surface area contributed by atoms with Crippen molar-refractivity contribution < 1.29 is 9.53 Å². The summed E-state index contributed by atoms with van der Waals surface area (Å²) in [5, 5.41) is 8.77. The monoisotopic (exact) mass is 510 g/mol. The fraction of sp³-hybridized carbons (Fsp3) is 0.400. The number of fused-ring (bicyclic) bond motifs is 1. The first-order valence-corrected chi connectivity index (χ1v) is 13.6. The molecule has 1 aromatic carbocycles. The smallest absolute Gasteiger partial charge is 0.253 e. The first kappa shape index (κ1) is 24.7. The van der Waals surface area contributed by atoms with Crippen molar-refractivity contribution >= 4 is 16.9 Å². The number of pyridine rings is 2. The normalized spacial score (nSPS) is 20.6. The van der Waals surface area contributed by atoms with Gasteiger partial charge in [-0.15, -0.1) is 0 Å². The molecule has 8 heteroatoms. The van der Waals surface area contributed by atoms with Crippen LogP contribution in [0.5, 0.6) is 0 Å². The summed E-state index contributed by atoms with van der Waals surface area (Å²) in [6.45, 7) is 4.06. The molecule has 0 radical (unpaired) electrons. The number of rotatable bonds is 6. The lowest BCUT2D eigenvalue weighted by Crippen LogP contribution is -2.48. The zero-order valence-electron chi connectivity index (χ0n) is 21.8. The van der Waals surface area contributed by atoms with Crippen molar-refractivity contribution in [1.82, 2.24) is 30.0 Å². The molecular weight excluding hydrogens is 476 g/mol. The van der Waals surface area contributed by atoms with Gasteiger partial charge in [0.05, 0.1) is 11.8 Å². The molecular formula is C30H34N6O2. The first-order chi connectivity index (χ1) is 18.7. The summed E-state index contributed by atoms with van der Waals surface area (Å²) in [4.78, 5) is 26.5. The van der Waals surface area contributed by atoms with Gasteiger partial charge in [-0.2, -0.15) is 5.10 Å². The van der Waals surface area contributed by atoms with E-state index in [1.54, 1.807) is 7.11 Å². The van der Waals surface area contributed by atoms with Gasteiger partial charge in [-0.05, 0) is 54.3 Å². The van der Waals surface area contributed by atoms with Crippen LogP contribution in [0.15, 0.2) is 61.1 Å². The van der Waals surface area contributed by atoms with Gasteiger partial charge in [-0.3, -0.25) is 19.8 Å². The Morgan fingerprint density at radius 3 is 2.66 bits per heavy atom. The molecule has 1 saturated heterocycles. The number of carbonyl (C=O) groups excluding carboxylic acids is 1. The minimum absolute atomic E-state index is 0.0820. The second-order valence-electron chi connectivity index (χ2n) is 10.4. The van der Waals surface area contributed by atoms with Gasteiger partial charge in [0.25, 0.3) is 5.91 Å². The maximum Gasteiger partial charge on any atom is 0.253 e. The van der Waals surface area contributed by atoms with Crippen molar-refractivity contribution in [3.05, 3.63) is 77.9 Å². The molecule has 2 atom stereocenters. The quantitative estimate of drug-likeness (QED) is 0.406. The van der Waals surface area contributed by atoms with E-state index in [1.807, 2.05) is 59.9 Å². The minimum atomic E-state index is 0.0820. The van der Waals surface area contributed by atoms with Crippen molar-refractivity contribution in [2.45, 2.75) is 44.2 Å². The molecule has 1 N–H and O–H groups in total. The van der Waals surface area contributed by atoms with E-state index in [-0.39, 0.29) is 12.0 Å². The number of nitrogens with one attached hydrogen (secondary N) is 1. The molecule has 0 spiro atoms. The largest absolute Gasteiger partial charge is 0.381 e. The zero-order valence-corrected chi connectivity index (χ0v) is 21.8. The van der Waals surface area contributed by atoms with Gasteiger partial charge in [-0.1, -0.05) is 25.0 Å². The number of aromatic amines is 1. The van der Waals surface area contributed by atoms with Crippen LogP contribution in [0, 0.1) is 0 Å². The fourth-order valence-corrected chi connectivity index (χ4v) is 5.94. The Balaban J connectivity index is 1.18. The lowest BCUT2D eigenvalue weighted by molar-refractivity contribution is 0.0515. The molecule has 1 saturated carbocycles. The van der Waals surface area contributed by atoms with E-state index < -0.39 is 0 Å². The van der Waals surface area contributed by atoms with Crippen molar-refractivity contribution in [2.24, 2.45) is 0 Å². The molecule has 196 valence electrons. The molecule has 0 bridgehead atoms. The number of aromatic nitrogens is 4. The molecule has 4 aromatic rings. The molecule has 3 aromatic heterocycles. The molecule has 2 fully saturated rings. The molecule has 4 heterocycles. The van der Waals surface area contributed by atoms with Gasteiger partial charge < -0.3 is 9.64 Å². The molecule has 6 rings (SSSR count). The van der Waals surface area contributed by atoms with Crippen molar-refractivity contribution in [3.63, 3.8) is 0 Å². The fourth-order valence-electron chi connectivity index (χ4n) is 5.94. The number of carbonyl (C=O) groups is 1. The first-order valence-electron chi connectivity index (χ1n) is 13.6. The molecule has 2 unspecified atom stereocenters. The average molecular weight is 511 g/mol. The predicted octanol–water partition coefficient (Wildman–Crippen LogP) is 4.65. The Morgan fingerprint density at radius 1 is 1.03 bits per heavy atom. The summed E-state index contributed by atoms with van der Waals surface area (Å²) in [5.41, 5.74) is 5.77. The van der Waals surface area contributed by atoms with Gasteiger partial charge in [-0.25, -0.2) is 4.98 Å². The van der Waals surface area contributed by atoms with Crippen LogP contribution in [0.3, 0.4) is 0 Å². The highest BCUT2D eigenvalue weighted by Crippen LogP contribution is 2.37. The highest BCUT2D eigenvalue weighted by molar-refractivity contribution is 5.96. The van der Waals surface area contributed by atoms with Gasteiger partial charge in [0.1, 0.15) is 0 Å². The average Bonchev–Trinajstić information content (AvgIpc) is 3.41. The number of methoxy groups -OCH3 is 1. The number of ether oxygens (including phenoxy) is 1. The van der Waals surface area contributed by atoms with E-state index >= 15 is 0 Å². The number of piperazine rings is 1. The molecule has 2 aliphatic rings. The van der Waals surface area contributed by atoms with Crippen LogP contribution in [0.1, 0.15) is 53.2 Å². The van der Waals surface area contributed by atoms with E-state index in [0.717, 1.165) is 73.4 Å². The SMILES string of the molecule is COC1CCCCC1c1[nH]nc2ncc(-c3cccc(C(=O)N4CCN(Cc5ccncc5)CC4)c3)cc12. The Kier molecular flexibility index (Phi) is 7.16. The van der Waals surface area contributed by atoms with Crippen LogP contribution in [0.25, 0.3) is 22.2 Å². The second kappa shape index (κ2) is 11.0. The third-order valence-corrected chi connectivity index (χ3v) is 8.07. The van der Waals surface area contributed by atoms with Crippen LogP contribution in [0.4, 0.5) is 0 Å².